The summed E-state index contributed by atoms with van der Waals surface area (Å²) >= 11 is 0. The van der Waals surface area contributed by atoms with E-state index >= 15 is 0 Å². The van der Waals surface area contributed by atoms with Gasteiger partial charge in [0.05, 0.1) is 16.1 Å². The number of nitrogens with zero attached hydrogens (tertiary/aromatic N) is 2. The van der Waals surface area contributed by atoms with Crippen molar-refractivity contribution in [3.63, 3.8) is 0 Å². The molecule has 10 heteroatoms. The summed E-state index contributed by atoms with van der Waals surface area (Å²) in [6.07, 6.45) is 2.52. The first-order chi connectivity index (χ1) is 13.8. The van der Waals surface area contributed by atoms with Crippen molar-refractivity contribution < 1.29 is 22.7 Å². The van der Waals surface area contributed by atoms with Crippen molar-refractivity contribution in [2.24, 2.45) is 0 Å². The Labute approximate surface area is 192 Å². The van der Waals surface area contributed by atoms with Crippen LogP contribution in [0, 0.1) is 0 Å². The molecule has 0 saturated carbocycles. The van der Waals surface area contributed by atoms with Crippen LogP contribution < -0.4 is 0 Å². The summed E-state index contributed by atoms with van der Waals surface area (Å²) < 4.78 is 38.9. The first kappa shape index (κ1) is 28.3. The first-order valence-electron chi connectivity index (χ1n) is 11.0. The van der Waals surface area contributed by atoms with Gasteiger partial charge in [0.15, 0.2) is 0 Å². The zero-order valence-corrected chi connectivity index (χ0v) is 24.1. The lowest BCUT2D eigenvalue weighted by atomic mass is 10.2. The van der Waals surface area contributed by atoms with Crippen LogP contribution >= 0.6 is 0 Å². The maximum Gasteiger partial charge on any atom is 0.332 e. The van der Waals surface area contributed by atoms with E-state index in [1.807, 2.05) is 0 Å². The third-order valence-corrected chi connectivity index (χ3v) is 20.1. The number of hydrogen-bond acceptors (Lipinski definition) is 5. The molecule has 0 radical (unpaired) electrons. The first-order valence-corrected chi connectivity index (χ1v) is 18.8. The summed E-state index contributed by atoms with van der Waals surface area (Å²) in [6.45, 7) is 23.2. The number of amides is 1. The lowest BCUT2D eigenvalue weighted by Gasteiger charge is -2.37. The second-order valence-electron chi connectivity index (χ2n) is 11.7. The van der Waals surface area contributed by atoms with Crippen LogP contribution in [0.5, 0.6) is 0 Å². The van der Waals surface area contributed by atoms with E-state index in [2.05, 4.69) is 67.7 Å². The fourth-order valence-electron chi connectivity index (χ4n) is 2.49. The molecule has 0 saturated heterocycles. The third kappa shape index (κ3) is 7.41. The smallest absolute Gasteiger partial charge is 0.332 e. The average Bonchev–Trinajstić information content (AvgIpc) is 2.57. The van der Waals surface area contributed by atoms with E-state index in [1.54, 1.807) is 0 Å². The number of rotatable bonds is 10. The lowest BCUT2D eigenvalue weighted by Crippen LogP contribution is -2.49. The molecule has 0 fully saturated rings. The largest absolute Gasteiger partial charge is 0.360 e. The Balaban J connectivity index is 2.63. The molecule has 0 aromatic rings. The standard InChI is InChI=1S/C21H44N2O5SSi2/c1-20(2,3)30(7,8)15-13-27-17-22-12-11-19(24)23(29(22,25)26)18-28-14-16-31(9,10)21(4,5)6/h11-12H,13-18H2,1-10H3. The predicted molar refractivity (Wildman–Crippen MR) is 132 cm³/mol. The predicted octanol–water partition coefficient (Wildman–Crippen LogP) is 4.85. The second-order valence-corrected chi connectivity index (χ2v) is 25.1. The van der Waals surface area contributed by atoms with Crippen molar-refractivity contribution in [2.75, 3.05) is 26.7 Å². The van der Waals surface area contributed by atoms with Gasteiger partial charge in [-0.2, -0.15) is 12.7 Å². The monoisotopic (exact) mass is 492 g/mol. The normalized spacial score (nSPS) is 18.1. The zero-order chi connectivity index (χ0) is 24.3. The molecule has 1 aliphatic rings. The number of carbonyl (C=O) groups excluding carboxylic acids is 1. The van der Waals surface area contributed by atoms with Crippen molar-refractivity contribution in [2.45, 2.75) is 89.9 Å². The minimum absolute atomic E-state index is 0.110. The minimum Gasteiger partial charge on any atom is -0.360 e. The summed E-state index contributed by atoms with van der Waals surface area (Å²) in [5.74, 6) is -0.593. The molecule has 0 N–H and O–H groups in total. The Morgan fingerprint density at radius 2 is 1.26 bits per heavy atom. The van der Waals surface area contributed by atoms with Gasteiger partial charge < -0.3 is 9.47 Å². The van der Waals surface area contributed by atoms with Crippen LogP contribution in [0.15, 0.2) is 12.3 Å². The summed E-state index contributed by atoms with van der Waals surface area (Å²) in [7, 11) is -7.02. The highest BCUT2D eigenvalue weighted by Gasteiger charge is 2.37. The van der Waals surface area contributed by atoms with E-state index in [0.717, 1.165) is 20.7 Å². The number of ether oxygens (including phenoxy) is 2. The average molecular weight is 493 g/mol. The molecule has 0 atom stereocenters. The quantitative estimate of drug-likeness (QED) is 0.322. The van der Waals surface area contributed by atoms with Crippen LogP contribution in [0.25, 0.3) is 0 Å². The van der Waals surface area contributed by atoms with E-state index in [-0.39, 0.29) is 23.5 Å². The van der Waals surface area contributed by atoms with E-state index in [0.29, 0.717) is 13.2 Å². The highest BCUT2D eigenvalue weighted by atomic mass is 32.2. The molecular weight excluding hydrogens is 448 g/mol. The third-order valence-electron chi connectivity index (χ3n) is 7.43. The highest BCUT2D eigenvalue weighted by Crippen LogP contribution is 2.39. The molecule has 31 heavy (non-hydrogen) atoms. The Hall–Kier alpha value is -0.686. The van der Waals surface area contributed by atoms with E-state index in [1.165, 1.54) is 12.3 Å². The summed E-state index contributed by atoms with van der Waals surface area (Å²) in [5, 5.41) is 0.475. The van der Waals surface area contributed by atoms with E-state index in [9.17, 15) is 13.2 Å². The summed E-state index contributed by atoms with van der Waals surface area (Å²) in [5.41, 5.74) is 0. The lowest BCUT2D eigenvalue weighted by molar-refractivity contribution is -0.125. The van der Waals surface area contributed by atoms with E-state index < -0.39 is 32.3 Å². The van der Waals surface area contributed by atoms with Crippen molar-refractivity contribution in [3.05, 3.63) is 12.3 Å². The van der Waals surface area contributed by atoms with Gasteiger partial charge in [-0.1, -0.05) is 67.7 Å². The molecule has 1 aliphatic heterocycles. The molecule has 0 spiro atoms. The van der Waals surface area contributed by atoms with Crippen molar-refractivity contribution in [3.8, 4) is 0 Å². The van der Waals surface area contributed by atoms with Crippen LogP contribution in [-0.4, -0.2) is 65.8 Å². The molecule has 7 nitrogen and oxygen atoms in total. The number of hydrogen-bond donors (Lipinski definition) is 0. The molecule has 1 heterocycles. The zero-order valence-electron chi connectivity index (χ0n) is 21.2. The molecule has 182 valence electrons. The Kier molecular flexibility index (Phi) is 9.21. The molecule has 1 rings (SSSR count). The van der Waals surface area contributed by atoms with Gasteiger partial charge in [0.1, 0.15) is 13.5 Å². The van der Waals surface area contributed by atoms with Crippen LogP contribution in [0.3, 0.4) is 0 Å². The van der Waals surface area contributed by atoms with Crippen LogP contribution in [0.2, 0.25) is 48.4 Å². The van der Waals surface area contributed by atoms with Crippen LogP contribution in [0.1, 0.15) is 41.5 Å². The highest BCUT2D eigenvalue weighted by molar-refractivity contribution is 7.87. The van der Waals surface area contributed by atoms with E-state index in [4.69, 9.17) is 9.47 Å². The van der Waals surface area contributed by atoms with Gasteiger partial charge in [0, 0.05) is 25.5 Å². The van der Waals surface area contributed by atoms with Crippen molar-refractivity contribution >= 4 is 32.3 Å². The molecule has 0 aromatic carbocycles. The molecule has 0 unspecified atom stereocenters. The summed E-state index contributed by atoms with van der Waals surface area (Å²) in [4.78, 5) is 12.2. The Bertz CT molecular complexity index is 753. The van der Waals surface area contributed by atoms with Gasteiger partial charge in [-0.15, -0.1) is 0 Å². The number of carbonyl (C=O) groups is 1. The maximum atomic E-state index is 12.9. The SMILES string of the molecule is CC(C)(C)[Si](C)(C)CCOCN1C=CC(=O)N(COCC[Si](C)(C)C(C)(C)C)S1(=O)=O. The van der Waals surface area contributed by atoms with Crippen molar-refractivity contribution in [1.29, 1.82) is 0 Å². The van der Waals surface area contributed by atoms with Gasteiger partial charge >= 0.3 is 10.2 Å². The molecule has 0 bridgehead atoms. The molecule has 0 aliphatic carbocycles. The Morgan fingerprint density at radius 1 is 0.839 bits per heavy atom. The fraction of sp³-hybridized carbons (Fsp3) is 0.857. The van der Waals surface area contributed by atoms with Crippen molar-refractivity contribution in [1.82, 2.24) is 8.61 Å². The van der Waals surface area contributed by atoms with Gasteiger partial charge in [-0.05, 0) is 22.2 Å². The van der Waals surface area contributed by atoms with Gasteiger partial charge in [-0.3, -0.25) is 4.79 Å². The maximum absolute atomic E-state index is 12.9. The topological polar surface area (TPSA) is 76.2 Å². The Morgan fingerprint density at radius 3 is 1.68 bits per heavy atom. The molecule has 0 aromatic heterocycles. The van der Waals surface area contributed by atoms with Crippen LogP contribution in [-0.2, 0) is 24.5 Å². The second kappa shape index (κ2) is 10.1. The fourth-order valence-corrected chi connectivity index (χ4v) is 6.47. The summed E-state index contributed by atoms with van der Waals surface area (Å²) in [6, 6.07) is 1.84. The molecule has 1 amide bonds. The minimum atomic E-state index is -4.00. The van der Waals surface area contributed by atoms with Crippen LogP contribution in [0.4, 0.5) is 0 Å². The van der Waals surface area contributed by atoms with Gasteiger partial charge in [0.2, 0.25) is 0 Å². The van der Waals surface area contributed by atoms with Gasteiger partial charge in [-0.25, -0.2) is 4.31 Å². The van der Waals surface area contributed by atoms with Gasteiger partial charge in [0.25, 0.3) is 5.91 Å². The molecular formula is C21H44N2O5SSi2.